The van der Waals surface area contributed by atoms with Crippen LogP contribution in [0.1, 0.15) is 25.0 Å². The highest BCUT2D eigenvalue weighted by Crippen LogP contribution is 2.51. The van der Waals surface area contributed by atoms with Crippen LogP contribution in [0.5, 0.6) is 0 Å². The molecule has 0 aromatic heterocycles. The van der Waals surface area contributed by atoms with Gasteiger partial charge < -0.3 is 4.90 Å². The summed E-state index contributed by atoms with van der Waals surface area (Å²) in [6, 6.07) is 91.5. The standard InChI is InChI=1S/C65H47N/c1-65(2)62-35-14-12-31-59(62)61-43-47(38-40-63(61)65)46-22-16-24-49(41-46)66(50-25-17-23-48(42-50)53-33-18-34-55-52-26-7-6-21-45(52)37-39-58(53)55)64-36-15-13-32-60(64)57-30-11-10-29-56(57)54-28-9-8-27-51(54)44-19-4-3-5-20-44/h3-43H,1-2H3. The summed E-state index contributed by atoms with van der Waals surface area (Å²) in [5.41, 5.74) is 20.5. The topological polar surface area (TPSA) is 3.24 Å². The lowest BCUT2D eigenvalue weighted by Crippen LogP contribution is -2.14. The van der Waals surface area contributed by atoms with Gasteiger partial charge >= 0.3 is 0 Å². The number of hydrogen-bond acceptors (Lipinski definition) is 1. The van der Waals surface area contributed by atoms with Crippen molar-refractivity contribution in [1.82, 2.24) is 0 Å². The van der Waals surface area contributed by atoms with E-state index >= 15 is 0 Å². The molecule has 0 saturated carbocycles. The number of rotatable bonds is 8. The Morgan fingerprint density at radius 2 is 0.788 bits per heavy atom. The zero-order chi connectivity index (χ0) is 44.2. The van der Waals surface area contributed by atoms with Crippen LogP contribution in [0.15, 0.2) is 249 Å². The molecule has 0 amide bonds. The van der Waals surface area contributed by atoms with Crippen LogP contribution in [-0.2, 0) is 5.41 Å². The molecule has 11 aromatic rings. The summed E-state index contributed by atoms with van der Waals surface area (Å²) in [5.74, 6) is 0. The Labute approximate surface area is 387 Å². The van der Waals surface area contributed by atoms with Crippen molar-refractivity contribution in [3.05, 3.63) is 260 Å². The molecule has 312 valence electrons. The maximum atomic E-state index is 2.47. The molecular weight excluding hydrogens is 795 g/mol. The first-order valence-electron chi connectivity index (χ1n) is 23.0. The van der Waals surface area contributed by atoms with Gasteiger partial charge in [0.25, 0.3) is 0 Å². The normalized spacial score (nSPS) is 12.5. The number of para-hydroxylation sites is 1. The van der Waals surface area contributed by atoms with Crippen LogP contribution in [0, 0.1) is 0 Å². The van der Waals surface area contributed by atoms with Crippen molar-refractivity contribution >= 4 is 38.6 Å². The zero-order valence-electron chi connectivity index (χ0n) is 37.1. The molecule has 0 aliphatic heterocycles. The Balaban J connectivity index is 1.05. The van der Waals surface area contributed by atoms with Gasteiger partial charge in [0.05, 0.1) is 5.69 Å². The highest BCUT2D eigenvalue weighted by molar-refractivity contribution is 6.12. The van der Waals surface area contributed by atoms with Crippen molar-refractivity contribution in [3.8, 4) is 66.8 Å². The first kappa shape index (κ1) is 39.3. The Bertz CT molecular complexity index is 3630. The Morgan fingerprint density at radius 1 is 0.273 bits per heavy atom. The van der Waals surface area contributed by atoms with E-state index in [1.54, 1.807) is 0 Å². The van der Waals surface area contributed by atoms with Crippen LogP contribution in [-0.4, -0.2) is 0 Å². The van der Waals surface area contributed by atoms with Crippen LogP contribution < -0.4 is 4.90 Å². The fourth-order valence-corrected chi connectivity index (χ4v) is 10.7. The average Bonchev–Trinajstić information content (AvgIpc) is 3.61. The third-order valence-corrected chi connectivity index (χ3v) is 13.9. The van der Waals surface area contributed by atoms with E-state index in [0.717, 1.165) is 22.6 Å². The van der Waals surface area contributed by atoms with Crippen molar-refractivity contribution in [1.29, 1.82) is 0 Å². The summed E-state index contributed by atoms with van der Waals surface area (Å²) in [6.45, 7) is 4.69. The SMILES string of the molecule is CC1(C)c2ccccc2-c2cc(-c3cccc(N(c4cccc(-c5cccc6c5ccc5ccccc56)c4)c4ccccc4-c4ccccc4-c4ccccc4-c4ccccc4)c3)ccc21. The van der Waals surface area contributed by atoms with Gasteiger partial charge in [0.2, 0.25) is 0 Å². The molecule has 0 saturated heterocycles. The minimum absolute atomic E-state index is 0.0487. The van der Waals surface area contributed by atoms with Gasteiger partial charge in [-0.3, -0.25) is 0 Å². The van der Waals surface area contributed by atoms with E-state index in [4.69, 9.17) is 0 Å². The lowest BCUT2D eigenvalue weighted by molar-refractivity contribution is 0.660. The molecule has 1 aliphatic carbocycles. The molecule has 0 atom stereocenters. The molecule has 1 nitrogen and oxygen atoms in total. The summed E-state index contributed by atoms with van der Waals surface area (Å²) in [4.78, 5) is 2.47. The minimum atomic E-state index is -0.0487. The molecule has 0 N–H and O–H groups in total. The van der Waals surface area contributed by atoms with Gasteiger partial charge in [-0.15, -0.1) is 0 Å². The molecule has 1 aliphatic rings. The first-order valence-corrected chi connectivity index (χ1v) is 23.0. The van der Waals surface area contributed by atoms with E-state index in [0.29, 0.717) is 0 Å². The quantitative estimate of drug-likeness (QED) is 0.138. The predicted molar refractivity (Wildman–Crippen MR) is 281 cm³/mol. The van der Waals surface area contributed by atoms with Crippen molar-refractivity contribution in [2.24, 2.45) is 0 Å². The van der Waals surface area contributed by atoms with Crippen LogP contribution in [0.3, 0.4) is 0 Å². The number of benzene rings is 11. The van der Waals surface area contributed by atoms with Crippen LogP contribution >= 0.6 is 0 Å². The second kappa shape index (κ2) is 16.1. The maximum Gasteiger partial charge on any atom is 0.0540 e. The molecular formula is C65H47N. The third-order valence-electron chi connectivity index (χ3n) is 13.9. The molecule has 0 heterocycles. The Hall–Kier alpha value is -8.26. The number of nitrogens with zero attached hydrogens (tertiary/aromatic N) is 1. The first-order chi connectivity index (χ1) is 32.5. The van der Waals surface area contributed by atoms with E-state index in [9.17, 15) is 0 Å². The summed E-state index contributed by atoms with van der Waals surface area (Å²) in [5, 5.41) is 5.03. The van der Waals surface area contributed by atoms with E-state index < -0.39 is 0 Å². The van der Waals surface area contributed by atoms with Gasteiger partial charge in [0.15, 0.2) is 0 Å². The zero-order valence-corrected chi connectivity index (χ0v) is 37.1. The molecule has 0 unspecified atom stereocenters. The monoisotopic (exact) mass is 841 g/mol. The van der Waals surface area contributed by atoms with Crippen molar-refractivity contribution < 1.29 is 0 Å². The lowest BCUT2D eigenvalue weighted by atomic mass is 9.82. The molecule has 0 spiro atoms. The van der Waals surface area contributed by atoms with Crippen molar-refractivity contribution in [2.75, 3.05) is 4.90 Å². The molecule has 1 heteroatoms. The molecule has 0 radical (unpaired) electrons. The molecule has 12 rings (SSSR count). The summed E-state index contributed by atoms with van der Waals surface area (Å²) >= 11 is 0. The largest absolute Gasteiger partial charge is 0.310 e. The highest BCUT2D eigenvalue weighted by Gasteiger charge is 2.35. The van der Waals surface area contributed by atoms with Gasteiger partial charge in [-0.25, -0.2) is 0 Å². The number of fused-ring (bicyclic) bond motifs is 6. The lowest BCUT2D eigenvalue weighted by Gasteiger charge is -2.29. The molecule has 0 bridgehead atoms. The fraction of sp³-hybridized carbons (Fsp3) is 0.0462. The number of hydrogen-bond donors (Lipinski definition) is 0. The van der Waals surface area contributed by atoms with Gasteiger partial charge in [-0.05, 0) is 130 Å². The predicted octanol–water partition coefficient (Wildman–Crippen LogP) is 18.1. The minimum Gasteiger partial charge on any atom is -0.310 e. The van der Waals surface area contributed by atoms with E-state index in [1.807, 2.05) is 0 Å². The van der Waals surface area contributed by atoms with Gasteiger partial charge in [0.1, 0.15) is 0 Å². The van der Waals surface area contributed by atoms with Crippen LogP contribution in [0.4, 0.5) is 17.1 Å². The molecule has 11 aromatic carbocycles. The number of anilines is 3. The van der Waals surface area contributed by atoms with E-state index in [-0.39, 0.29) is 5.41 Å². The van der Waals surface area contributed by atoms with Crippen molar-refractivity contribution in [2.45, 2.75) is 19.3 Å². The summed E-state index contributed by atoms with van der Waals surface area (Å²) in [6.07, 6.45) is 0. The van der Waals surface area contributed by atoms with Crippen molar-refractivity contribution in [3.63, 3.8) is 0 Å². The molecule has 66 heavy (non-hydrogen) atoms. The summed E-state index contributed by atoms with van der Waals surface area (Å²) < 4.78 is 0. The fourth-order valence-electron chi connectivity index (χ4n) is 10.7. The van der Waals surface area contributed by atoms with Crippen LogP contribution in [0.2, 0.25) is 0 Å². The maximum absolute atomic E-state index is 2.47. The van der Waals surface area contributed by atoms with E-state index in [1.165, 1.54) is 93.9 Å². The highest BCUT2D eigenvalue weighted by atomic mass is 15.1. The third kappa shape index (κ3) is 6.63. The Kier molecular flexibility index (Phi) is 9.58. The van der Waals surface area contributed by atoms with Gasteiger partial charge in [0, 0.05) is 22.4 Å². The van der Waals surface area contributed by atoms with E-state index in [2.05, 4.69) is 267 Å². The second-order valence-corrected chi connectivity index (χ2v) is 18.0. The average molecular weight is 842 g/mol. The smallest absolute Gasteiger partial charge is 0.0540 e. The second-order valence-electron chi connectivity index (χ2n) is 18.0. The molecule has 0 fully saturated rings. The van der Waals surface area contributed by atoms with Crippen LogP contribution in [0.25, 0.3) is 88.3 Å². The summed E-state index contributed by atoms with van der Waals surface area (Å²) in [7, 11) is 0. The Morgan fingerprint density at radius 3 is 1.58 bits per heavy atom. The van der Waals surface area contributed by atoms with Gasteiger partial charge in [-0.1, -0.05) is 226 Å². The van der Waals surface area contributed by atoms with Gasteiger partial charge in [-0.2, -0.15) is 0 Å².